The molecule has 2 heterocycles. The van der Waals surface area contributed by atoms with Crippen molar-refractivity contribution in [1.82, 2.24) is 5.32 Å². The van der Waals surface area contributed by atoms with Gasteiger partial charge in [0.05, 0.1) is 18.2 Å². The summed E-state index contributed by atoms with van der Waals surface area (Å²) >= 11 is 0. The Morgan fingerprint density at radius 2 is 2.16 bits per heavy atom. The van der Waals surface area contributed by atoms with E-state index >= 15 is 0 Å². The summed E-state index contributed by atoms with van der Waals surface area (Å²) in [6.45, 7) is 4.86. The molecule has 2 aliphatic rings. The Bertz CT molecular complexity index is 499. The number of benzene rings is 1. The van der Waals surface area contributed by atoms with Crippen LogP contribution in [0.4, 0.5) is 5.69 Å². The van der Waals surface area contributed by atoms with Crippen LogP contribution in [0, 0.1) is 0 Å². The number of nitrogens with one attached hydrogen (secondary N) is 2. The second kappa shape index (κ2) is 4.62. The Labute approximate surface area is 113 Å². The molecule has 0 saturated carbocycles. The van der Waals surface area contributed by atoms with Crippen LogP contribution in [0.5, 0.6) is 0 Å². The van der Waals surface area contributed by atoms with Gasteiger partial charge in [-0.05, 0) is 38.3 Å². The number of amides is 1. The molecule has 0 aromatic heterocycles. The molecule has 4 nitrogen and oxygen atoms in total. The van der Waals surface area contributed by atoms with Crippen LogP contribution in [0.1, 0.15) is 25.8 Å². The minimum absolute atomic E-state index is 0.0587. The fourth-order valence-corrected chi connectivity index (χ4v) is 2.92. The van der Waals surface area contributed by atoms with Crippen molar-refractivity contribution >= 4 is 11.6 Å². The van der Waals surface area contributed by atoms with Gasteiger partial charge < -0.3 is 15.4 Å². The zero-order valence-electron chi connectivity index (χ0n) is 11.4. The first kappa shape index (κ1) is 12.6. The van der Waals surface area contributed by atoms with E-state index in [-0.39, 0.29) is 23.6 Å². The first-order chi connectivity index (χ1) is 9.03. The molecule has 0 aliphatic carbocycles. The number of anilines is 1. The Kier molecular flexibility index (Phi) is 3.07. The average molecular weight is 260 g/mol. The third kappa shape index (κ3) is 2.65. The smallest absolute Gasteiger partial charge is 0.241 e. The van der Waals surface area contributed by atoms with Gasteiger partial charge in [0.15, 0.2) is 0 Å². The lowest BCUT2D eigenvalue weighted by atomic mass is 9.97. The fourth-order valence-electron chi connectivity index (χ4n) is 2.92. The standard InChI is InChI=1S/C15H20N2O2/c1-15(2)8-11(9-19-15)16-13-7-10-5-3-4-6-12(10)17-14(13)18/h3-6,11,13,16H,7-9H2,1-2H3,(H,17,18). The van der Waals surface area contributed by atoms with Gasteiger partial charge in [0, 0.05) is 11.7 Å². The molecule has 2 atom stereocenters. The maximum atomic E-state index is 12.1. The van der Waals surface area contributed by atoms with Crippen molar-refractivity contribution < 1.29 is 9.53 Å². The van der Waals surface area contributed by atoms with Crippen LogP contribution in [-0.2, 0) is 16.0 Å². The molecule has 19 heavy (non-hydrogen) atoms. The van der Waals surface area contributed by atoms with Crippen molar-refractivity contribution in [3.8, 4) is 0 Å². The maximum absolute atomic E-state index is 12.1. The summed E-state index contributed by atoms with van der Waals surface area (Å²) in [7, 11) is 0. The Morgan fingerprint density at radius 1 is 1.37 bits per heavy atom. The van der Waals surface area contributed by atoms with E-state index in [4.69, 9.17) is 4.74 Å². The zero-order valence-corrected chi connectivity index (χ0v) is 11.4. The van der Waals surface area contributed by atoms with Gasteiger partial charge in [0.25, 0.3) is 0 Å². The summed E-state index contributed by atoms with van der Waals surface area (Å²) in [6.07, 6.45) is 1.69. The van der Waals surface area contributed by atoms with Gasteiger partial charge in [0.1, 0.15) is 0 Å². The average Bonchev–Trinajstić information content (AvgIpc) is 2.70. The summed E-state index contributed by atoms with van der Waals surface area (Å²) in [5, 5.41) is 6.39. The number of carbonyl (C=O) groups excluding carboxylic acids is 1. The molecular formula is C15H20N2O2. The highest BCUT2D eigenvalue weighted by molar-refractivity contribution is 5.98. The summed E-state index contributed by atoms with van der Waals surface area (Å²) < 4.78 is 5.70. The van der Waals surface area contributed by atoms with Gasteiger partial charge in [-0.1, -0.05) is 18.2 Å². The van der Waals surface area contributed by atoms with E-state index < -0.39 is 0 Å². The number of carbonyl (C=O) groups is 1. The SMILES string of the molecule is CC1(C)CC(NC2Cc3ccccc3NC2=O)CO1. The lowest BCUT2D eigenvalue weighted by molar-refractivity contribution is -0.118. The molecule has 1 aromatic rings. The number of rotatable bonds is 2. The van der Waals surface area contributed by atoms with Crippen molar-refractivity contribution in [1.29, 1.82) is 0 Å². The van der Waals surface area contributed by atoms with E-state index in [9.17, 15) is 4.79 Å². The minimum Gasteiger partial charge on any atom is -0.374 e. The molecule has 1 aromatic carbocycles. The van der Waals surface area contributed by atoms with Gasteiger partial charge in [-0.2, -0.15) is 0 Å². The molecule has 102 valence electrons. The van der Waals surface area contributed by atoms with E-state index in [1.54, 1.807) is 0 Å². The van der Waals surface area contributed by atoms with E-state index in [1.807, 2.05) is 18.2 Å². The molecule has 1 amide bonds. The van der Waals surface area contributed by atoms with Crippen LogP contribution in [-0.4, -0.2) is 30.2 Å². The van der Waals surface area contributed by atoms with Crippen LogP contribution in [0.3, 0.4) is 0 Å². The third-order valence-electron chi connectivity index (χ3n) is 3.87. The Balaban J connectivity index is 1.68. The van der Waals surface area contributed by atoms with E-state index in [1.165, 1.54) is 5.56 Å². The summed E-state index contributed by atoms with van der Waals surface area (Å²) in [4.78, 5) is 12.1. The summed E-state index contributed by atoms with van der Waals surface area (Å²) in [5.41, 5.74) is 2.05. The van der Waals surface area contributed by atoms with Gasteiger partial charge in [-0.15, -0.1) is 0 Å². The molecule has 1 fully saturated rings. The molecule has 0 spiro atoms. The lowest BCUT2D eigenvalue weighted by Gasteiger charge is -2.27. The Hall–Kier alpha value is -1.39. The highest BCUT2D eigenvalue weighted by atomic mass is 16.5. The second-order valence-corrected chi connectivity index (χ2v) is 6.04. The quantitative estimate of drug-likeness (QED) is 0.851. The fraction of sp³-hybridized carbons (Fsp3) is 0.533. The van der Waals surface area contributed by atoms with Gasteiger partial charge in [-0.3, -0.25) is 4.79 Å². The van der Waals surface area contributed by atoms with Gasteiger partial charge >= 0.3 is 0 Å². The Morgan fingerprint density at radius 3 is 2.89 bits per heavy atom. The molecule has 0 radical (unpaired) electrons. The van der Waals surface area contributed by atoms with Crippen LogP contribution < -0.4 is 10.6 Å². The monoisotopic (exact) mass is 260 g/mol. The predicted molar refractivity (Wildman–Crippen MR) is 74.1 cm³/mol. The zero-order chi connectivity index (χ0) is 13.5. The van der Waals surface area contributed by atoms with Crippen molar-refractivity contribution in [2.24, 2.45) is 0 Å². The van der Waals surface area contributed by atoms with E-state index in [0.717, 1.165) is 18.5 Å². The van der Waals surface area contributed by atoms with Crippen LogP contribution in [0.2, 0.25) is 0 Å². The molecule has 4 heteroatoms. The molecule has 2 N–H and O–H groups in total. The minimum atomic E-state index is -0.155. The van der Waals surface area contributed by atoms with Crippen molar-refractivity contribution in [3.63, 3.8) is 0 Å². The molecule has 2 unspecified atom stereocenters. The van der Waals surface area contributed by atoms with E-state index in [0.29, 0.717) is 6.61 Å². The topological polar surface area (TPSA) is 50.4 Å². The molecule has 1 saturated heterocycles. The predicted octanol–water partition coefficient (Wildman–Crippen LogP) is 1.71. The number of ether oxygens (including phenoxy) is 1. The normalized spacial score (nSPS) is 28.8. The maximum Gasteiger partial charge on any atom is 0.241 e. The molecule has 3 rings (SSSR count). The second-order valence-electron chi connectivity index (χ2n) is 6.04. The van der Waals surface area contributed by atoms with Crippen molar-refractivity contribution in [2.45, 2.75) is 44.4 Å². The number of hydrogen-bond acceptors (Lipinski definition) is 3. The van der Waals surface area contributed by atoms with Crippen molar-refractivity contribution in [3.05, 3.63) is 29.8 Å². The molecule has 0 bridgehead atoms. The molecule has 2 aliphatic heterocycles. The highest BCUT2D eigenvalue weighted by Gasteiger charge is 2.35. The van der Waals surface area contributed by atoms with Gasteiger partial charge in [0.2, 0.25) is 5.91 Å². The van der Waals surface area contributed by atoms with Gasteiger partial charge in [-0.25, -0.2) is 0 Å². The summed E-state index contributed by atoms with van der Waals surface area (Å²) in [6, 6.07) is 8.08. The van der Waals surface area contributed by atoms with Crippen LogP contribution >= 0.6 is 0 Å². The van der Waals surface area contributed by atoms with Crippen molar-refractivity contribution in [2.75, 3.05) is 11.9 Å². The lowest BCUT2D eigenvalue weighted by Crippen LogP contribution is -2.49. The largest absolute Gasteiger partial charge is 0.374 e. The first-order valence-corrected chi connectivity index (χ1v) is 6.82. The first-order valence-electron chi connectivity index (χ1n) is 6.82. The number of para-hydroxylation sites is 1. The van der Waals surface area contributed by atoms with Crippen LogP contribution in [0.25, 0.3) is 0 Å². The number of hydrogen-bond donors (Lipinski definition) is 2. The molecular weight excluding hydrogens is 240 g/mol. The number of fused-ring (bicyclic) bond motifs is 1. The summed E-state index contributed by atoms with van der Waals surface area (Å²) in [5.74, 6) is 0.0587. The van der Waals surface area contributed by atoms with Crippen LogP contribution in [0.15, 0.2) is 24.3 Å². The van der Waals surface area contributed by atoms with E-state index in [2.05, 4.69) is 30.5 Å². The highest BCUT2D eigenvalue weighted by Crippen LogP contribution is 2.26. The third-order valence-corrected chi connectivity index (χ3v) is 3.87.